The zero-order valence-corrected chi connectivity index (χ0v) is 7.20. The average molecular weight is 151 g/mol. The summed E-state index contributed by atoms with van der Waals surface area (Å²) >= 11 is 0. The summed E-state index contributed by atoms with van der Waals surface area (Å²) in [4.78, 5) is 0. The molecule has 0 aliphatic carbocycles. The Hall–Kier alpha value is -0.990. The van der Waals surface area contributed by atoms with Crippen molar-refractivity contribution < 1.29 is 0 Å². The molecule has 1 rings (SSSR count). The van der Waals surface area contributed by atoms with Gasteiger partial charge in [0.2, 0.25) is 0 Å². The monoisotopic (exact) mass is 151 g/mol. The number of hydrogen-bond acceptors (Lipinski definition) is 3. The molecule has 0 N–H and O–H groups in total. The lowest BCUT2D eigenvalue weighted by molar-refractivity contribution is 0.479. The van der Waals surface area contributed by atoms with Gasteiger partial charge in [-0.1, -0.05) is 20.8 Å². The van der Waals surface area contributed by atoms with Crippen LogP contribution in [0.3, 0.4) is 0 Å². The van der Waals surface area contributed by atoms with Gasteiger partial charge in [-0.25, -0.2) is 0 Å². The molecule has 0 fully saturated rings. The lowest BCUT2D eigenvalue weighted by Gasteiger charge is -2.19. The van der Waals surface area contributed by atoms with Gasteiger partial charge in [-0.3, -0.25) is 0 Å². The van der Waals surface area contributed by atoms with Gasteiger partial charge >= 0.3 is 0 Å². The SMILES string of the molecule is CCC(C)(C)c1ccnnn1. The highest BCUT2D eigenvalue weighted by molar-refractivity contribution is 5.09. The zero-order chi connectivity index (χ0) is 8.32. The van der Waals surface area contributed by atoms with Crippen LogP contribution in [0.1, 0.15) is 32.9 Å². The summed E-state index contributed by atoms with van der Waals surface area (Å²) in [6.07, 6.45) is 2.74. The van der Waals surface area contributed by atoms with Gasteiger partial charge in [0, 0.05) is 5.41 Å². The summed E-state index contributed by atoms with van der Waals surface area (Å²) in [6.45, 7) is 6.44. The van der Waals surface area contributed by atoms with E-state index in [1.54, 1.807) is 6.20 Å². The number of aromatic nitrogens is 3. The third kappa shape index (κ3) is 1.73. The van der Waals surface area contributed by atoms with Crippen LogP contribution >= 0.6 is 0 Å². The van der Waals surface area contributed by atoms with Crippen LogP contribution in [0, 0.1) is 0 Å². The maximum atomic E-state index is 3.96. The predicted molar refractivity (Wildman–Crippen MR) is 43.1 cm³/mol. The third-order valence-electron chi connectivity index (χ3n) is 2.08. The van der Waals surface area contributed by atoms with Crippen molar-refractivity contribution in [3.63, 3.8) is 0 Å². The molecule has 60 valence electrons. The fourth-order valence-corrected chi connectivity index (χ4v) is 0.783. The summed E-state index contributed by atoms with van der Waals surface area (Å²) in [7, 11) is 0. The molecule has 0 unspecified atom stereocenters. The Labute approximate surface area is 66.9 Å². The van der Waals surface area contributed by atoms with Crippen LogP contribution in [0.5, 0.6) is 0 Å². The Balaban J connectivity index is 2.93. The van der Waals surface area contributed by atoms with E-state index < -0.39 is 0 Å². The maximum absolute atomic E-state index is 3.96. The summed E-state index contributed by atoms with van der Waals surface area (Å²) < 4.78 is 0. The van der Waals surface area contributed by atoms with E-state index in [1.807, 2.05) is 6.07 Å². The molecular formula is C8H13N3. The molecule has 3 heteroatoms. The Morgan fingerprint density at radius 1 is 1.45 bits per heavy atom. The topological polar surface area (TPSA) is 38.7 Å². The molecule has 0 aliphatic heterocycles. The van der Waals surface area contributed by atoms with E-state index in [9.17, 15) is 0 Å². The first-order chi connectivity index (χ1) is 5.17. The molecule has 3 nitrogen and oxygen atoms in total. The van der Waals surface area contributed by atoms with Gasteiger partial charge in [0.1, 0.15) is 0 Å². The summed E-state index contributed by atoms with van der Waals surface area (Å²) in [5.74, 6) is 0. The van der Waals surface area contributed by atoms with E-state index in [2.05, 4.69) is 36.2 Å². The van der Waals surface area contributed by atoms with Crippen LogP contribution in [0.4, 0.5) is 0 Å². The zero-order valence-electron chi connectivity index (χ0n) is 7.20. The van der Waals surface area contributed by atoms with Crippen molar-refractivity contribution >= 4 is 0 Å². The van der Waals surface area contributed by atoms with Crippen molar-refractivity contribution in [2.45, 2.75) is 32.6 Å². The Bertz CT molecular complexity index is 218. The molecule has 0 bridgehead atoms. The summed E-state index contributed by atoms with van der Waals surface area (Å²) in [5.41, 5.74) is 1.13. The molecule has 0 spiro atoms. The molecule has 0 atom stereocenters. The molecule has 0 saturated heterocycles. The van der Waals surface area contributed by atoms with E-state index >= 15 is 0 Å². The van der Waals surface area contributed by atoms with Gasteiger partial charge in [0.05, 0.1) is 11.9 Å². The predicted octanol–water partition coefficient (Wildman–Crippen LogP) is 1.56. The highest BCUT2D eigenvalue weighted by Gasteiger charge is 2.19. The number of hydrogen-bond donors (Lipinski definition) is 0. The van der Waals surface area contributed by atoms with E-state index in [0.717, 1.165) is 12.1 Å². The molecule has 0 aliphatic rings. The van der Waals surface area contributed by atoms with Crippen LogP contribution in [0.25, 0.3) is 0 Å². The second-order valence-electron chi connectivity index (χ2n) is 3.24. The lowest BCUT2D eigenvalue weighted by Crippen LogP contribution is -2.18. The van der Waals surface area contributed by atoms with Crippen LogP contribution in [0.15, 0.2) is 12.3 Å². The standard InChI is InChI=1S/C8H13N3/c1-4-8(2,3)7-5-6-9-11-10-7/h5-6H,4H2,1-3H3. The van der Waals surface area contributed by atoms with Crippen LogP contribution < -0.4 is 0 Å². The summed E-state index contributed by atoms with van der Waals surface area (Å²) in [6, 6.07) is 1.91. The third-order valence-corrected chi connectivity index (χ3v) is 2.08. The van der Waals surface area contributed by atoms with Crippen molar-refractivity contribution in [2.24, 2.45) is 0 Å². The first-order valence-electron chi connectivity index (χ1n) is 3.81. The van der Waals surface area contributed by atoms with Gasteiger partial charge in [0.15, 0.2) is 0 Å². The van der Waals surface area contributed by atoms with E-state index in [0.29, 0.717) is 0 Å². The van der Waals surface area contributed by atoms with Crippen molar-refractivity contribution in [3.8, 4) is 0 Å². The molecular weight excluding hydrogens is 138 g/mol. The second kappa shape index (κ2) is 2.95. The van der Waals surface area contributed by atoms with Crippen LogP contribution in [-0.2, 0) is 5.41 Å². The van der Waals surface area contributed by atoms with Gasteiger partial charge < -0.3 is 0 Å². The summed E-state index contributed by atoms with van der Waals surface area (Å²) in [5, 5.41) is 11.2. The fraction of sp³-hybridized carbons (Fsp3) is 0.625. The minimum absolute atomic E-state index is 0.121. The van der Waals surface area contributed by atoms with E-state index in [1.165, 1.54) is 0 Å². The highest BCUT2D eigenvalue weighted by Crippen LogP contribution is 2.22. The average Bonchev–Trinajstić information content (AvgIpc) is 2.06. The van der Waals surface area contributed by atoms with Gasteiger partial charge in [-0.15, -0.1) is 10.2 Å². The lowest BCUT2D eigenvalue weighted by atomic mass is 9.86. The van der Waals surface area contributed by atoms with E-state index in [-0.39, 0.29) is 5.41 Å². The van der Waals surface area contributed by atoms with Crippen molar-refractivity contribution in [3.05, 3.63) is 18.0 Å². The number of nitrogens with zero attached hydrogens (tertiary/aromatic N) is 3. The number of rotatable bonds is 2. The molecule has 0 saturated carbocycles. The van der Waals surface area contributed by atoms with Gasteiger partial charge in [-0.05, 0) is 17.7 Å². The van der Waals surface area contributed by atoms with Crippen LogP contribution in [-0.4, -0.2) is 15.4 Å². The largest absolute Gasteiger partial charge is 0.139 e. The first kappa shape index (κ1) is 8.11. The normalized spacial score (nSPS) is 11.5. The molecule has 0 amide bonds. The Morgan fingerprint density at radius 3 is 2.64 bits per heavy atom. The van der Waals surface area contributed by atoms with Gasteiger partial charge in [-0.2, -0.15) is 0 Å². The molecule has 1 aromatic heterocycles. The molecule has 1 heterocycles. The Kier molecular flexibility index (Phi) is 2.17. The minimum atomic E-state index is 0.121. The fourth-order valence-electron chi connectivity index (χ4n) is 0.783. The van der Waals surface area contributed by atoms with Gasteiger partial charge in [0.25, 0.3) is 0 Å². The van der Waals surface area contributed by atoms with Crippen molar-refractivity contribution in [1.29, 1.82) is 0 Å². The Morgan fingerprint density at radius 2 is 2.18 bits per heavy atom. The first-order valence-corrected chi connectivity index (χ1v) is 3.81. The van der Waals surface area contributed by atoms with E-state index in [4.69, 9.17) is 0 Å². The smallest absolute Gasteiger partial charge is 0.0720 e. The second-order valence-corrected chi connectivity index (χ2v) is 3.24. The van der Waals surface area contributed by atoms with Crippen molar-refractivity contribution in [1.82, 2.24) is 15.4 Å². The molecule has 0 radical (unpaired) electrons. The van der Waals surface area contributed by atoms with Crippen molar-refractivity contribution in [2.75, 3.05) is 0 Å². The molecule has 11 heavy (non-hydrogen) atoms. The maximum Gasteiger partial charge on any atom is 0.0720 e. The highest BCUT2D eigenvalue weighted by atomic mass is 15.3. The minimum Gasteiger partial charge on any atom is -0.139 e. The quantitative estimate of drug-likeness (QED) is 0.643. The molecule has 0 aromatic carbocycles. The van der Waals surface area contributed by atoms with Crippen LogP contribution in [0.2, 0.25) is 0 Å². The molecule has 1 aromatic rings.